The Balaban J connectivity index is 1.89. The van der Waals surface area contributed by atoms with Gasteiger partial charge in [-0.25, -0.2) is 9.37 Å². The zero-order chi connectivity index (χ0) is 18.8. The van der Waals surface area contributed by atoms with Crippen molar-refractivity contribution >= 4 is 27.5 Å². The number of thiophene rings is 1. The topological polar surface area (TPSA) is 70.5 Å². The fourth-order valence-electron chi connectivity index (χ4n) is 2.68. The predicted octanol–water partition coefficient (Wildman–Crippen LogP) is 0.894. The van der Waals surface area contributed by atoms with Gasteiger partial charge in [-0.15, -0.1) is 11.3 Å². The lowest BCUT2D eigenvalue weighted by Gasteiger charge is -2.15. The van der Waals surface area contributed by atoms with Crippen LogP contribution < -0.4 is 10.5 Å². The highest BCUT2D eigenvalue weighted by Crippen LogP contribution is 2.30. The largest absolute Gasteiger partial charge is 0.344 e. The Kier molecular flexibility index (Phi) is 5.15. The normalized spacial score (nSPS) is 12.3. The summed E-state index contributed by atoms with van der Waals surface area (Å²) in [5.41, 5.74) is 1.29. The molecule has 0 spiro atoms. The number of aromatic nitrogens is 2. The van der Waals surface area contributed by atoms with E-state index in [1.165, 1.54) is 28.4 Å². The van der Waals surface area contributed by atoms with E-state index in [9.17, 15) is 14.0 Å². The Hall–Kier alpha value is -2.58. The van der Waals surface area contributed by atoms with E-state index in [-0.39, 0.29) is 17.3 Å². The molecular formula is C18H20FN4O2S+. The summed E-state index contributed by atoms with van der Waals surface area (Å²) in [5, 5.41) is 2.36. The molecule has 1 atom stereocenters. The third-order valence-corrected chi connectivity index (χ3v) is 4.94. The Morgan fingerprint density at radius 3 is 2.65 bits per heavy atom. The maximum absolute atomic E-state index is 13.1. The zero-order valence-electron chi connectivity index (χ0n) is 14.8. The smallest absolute Gasteiger partial charge is 0.277 e. The molecule has 2 aromatic heterocycles. The second-order valence-corrected chi connectivity index (χ2v) is 7.31. The van der Waals surface area contributed by atoms with Crippen LogP contribution in [0.1, 0.15) is 5.82 Å². The summed E-state index contributed by atoms with van der Waals surface area (Å²) in [4.78, 5) is 34.8. The van der Waals surface area contributed by atoms with E-state index >= 15 is 0 Å². The molecule has 2 N–H and O–H groups in total. The maximum atomic E-state index is 13.1. The molecule has 6 nitrogen and oxygen atoms in total. The minimum absolute atomic E-state index is 0.0145. The number of benzene rings is 1. The van der Waals surface area contributed by atoms with Crippen molar-refractivity contribution in [3.63, 3.8) is 0 Å². The van der Waals surface area contributed by atoms with Crippen LogP contribution >= 0.6 is 11.3 Å². The molecule has 1 amide bonds. The Morgan fingerprint density at radius 2 is 2.00 bits per heavy atom. The van der Waals surface area contributed by atoms with Gasteiger partial charge < -0.3 is 14.8 Å². The summed E-state index contributed by atoms with van der Waals surface area (Å²) in [6, 6.07) is 6.04. The minimum Gasteiger partial charge on any atom is -0.344 e. The second-order valence-electron chi connectivity index (χ2n) is 6.45. The van der Waals surface area contributed by atoms with Crippen LogP contribution in [0.5, 0.6) is 0 Å². The number of amides is 1. The van der Waals surface area contributed by atoms with E-state index in [1.54, 1.807) is 26.2 Å². The average molecular weight is 375 g/mol. The first-order valence-electron chi connectivity index (χ1n) is 8.13. The number of carbonyl (C=O) groups is 1. The molecule has 0 bridgehead atoms. The lowest BCUT2D eigenvalue weighted by molar-refractivity contribution is -0.886. The van der Waals surface area contributed by atoms with Gasteiger partial charge >= 0.3 is 0 Å². The summed E-state index contributed by atoms with van der Waals surface area (Å²) in [7, 11) is 5.30. The van der Waals surface area contributed by atoms with Crippen molar-refractivity contribution in [3.8, 4) is 11.1 Å². The number of nitrogens with zero attached hydrogens (tertiary/aromatic N) is 2. The van der Waals surface area contributed by atoms with E-state index in [0.717, 1.165) is 16.0 Å². The predicted molar refractivity (Wildman–Crippen MR) is 99.8 cm³/mol. The van der Waals surface area contributed by atoms with Crippen LogP contribution in [0.2, 0.25) is 0 Å². The number of aromatic amines is 1. The maximum Gasteiger partial charge on any atom is 0.277 e. The standard InChI is InChI=1S/C18H19FN4O2S/c1-22(2)15(24)9-23(3)8-14-20-17(25)16-13(10-26-18(16)21-14)11-4-6-12(19)7-5-11/h4-7,10H,8-9H2,1-3H3,(H,20,21,25)/p+1. The van der Waals surface area contributed by atoms with Gasteiger partial charge in [0.1, 0.15) is 17.2 Å². The number of likely N-dealkylation sites (N-methyl/N-ethyl adjacent to an activating group) is 2. The average Bonchev–Trinajstić information content (AvgIpc) is 2.99. The first-order chi connectivity index (χ1) is 12.3. The van der Waals surface area contributed by atoms with E-state index in [1.807, 2.05) is 12.4 Å². The van der Waals surface area contributed by atoms with Gasteiger partial charge in [-0.1, -0.05) is 12.1 Å². The Morgan fingerprint density at radius 1 is 1.31 bits per heavy atom. The van der Waals surface area contributed by atoms with Gasteiger partial charge in [0, 0.05) is 25.0 Å². The van der Waals surface area contributed by atoms with Crippen LogP contribution in [-0.4, -0.2) is 48.5 Å². The van der Waals surface area contributed by atoms with Gasteiger partial charge in [-0.3, -0.25) is 9.59 Å². The van der Waals surface area contributed by atoms with Gasteiger partial charge in [0.15, 0.2) is 12.4 Å². The van der Waals surface area contributed by atoms with Crippen molar-refractivity contribution in [3.05, 3.63) is 51.6 Å². The van der Waals surface area contributed by atoms with Gasteiger partial charge in [-0.2, -0.15) is 0 Å². The molecule has 2 heterocycles. The number of fused-ring (bicyclic) bond motifs is 1. The van der Waals surface area contributed by atoms with Crippen LogP contribution in [0.4, 0.5) is 4.39 Å². The third kappa shape index (κ3) is 3.81. The van der Waals surface area contributed by atoms with Crippen LogP contribution in [0, 0.1) is 5.82 Å². The van der Waals surface area contributed by atoms with Crippen molar-refractivity contribution in [2.45, 2.75) is 6.54 Å². The number of halogens is 1. The molecule has 3 aromatic rings. The highest BCUT2D eigenvalue weighted by molar-refractivity contribution is 7.17. The third-order valence-electron chi connectivity index (χ3n) is 4.07. The molecule has 1 unspecified atom stereocenters. The van der Waals surface area contributed by atoms with E-state index in [0.29, 0.717) is 29.1 Å². The highest BCUT2D eigenvalue weighted by atomic mass is 32.1. The number of hydrogen-bond donors (Lipinski definition) is 2. The molecule has 8 heteroatoms. The summed E-state index contributed by atoms with van der Waals surface area (Å²) < 4.78 is 13.1. The quantitative estimate of drug-likeness (QED) is 0.696. The van der Waals surface area contributed by atoms with Crippen LogP contribution in [-0.2, 0) is 11.3 Å². The molecule has 0 saturated heterocycles. The van der Waals surface area contributed by atoms with Crippen molar-refractivity contribution in [1.29, 1.82) is 0 Å². The van der Waals surface area contributed by atoms with Crippen LogP contribution in [0.25, 0.3) is 21.3 Å². The molecule has 136 valence electrons. The molecule has 0 radical (unpaired) electrons. The number of H-pyrrole nitrogens is 1. The van der Waals surface area contributed by atoms with Crippen LogP contribution in [0.3, 0.4) is 0 Å². The number of rotatable bonds is 5. The second kappa shape index (κ2) is 7.35. The molecule has 0 fully saturated rings. The van der Waals surface area contributed by atoms with Gasteiger partial charge in [0.25, 0.3) is 11.5 Å². The van der Waals surface area contributed by atoms with Crippen molar-refractivity contribution < 1.29 is 14.1 Å². The fourth-order valence-corrected chi connectivity index (χ4v) is 3.65. The van der Waals surface area contributed by atoms with E-state index < -0.39 is 0 Å². The fraction of sp³-hybridized carbons (Fsp3) is 0.278. The summed E-state index contributed by atoms with van der Waals surface area (Å²) in [6.45, 7) is 0.758. The zero-order valence-corrected chi connectivity index (χ0v) is 15.6. The number of nitrogens with one attached hydrogen (secondary N) is 2. The molecule has 26 heavy (non-hydrogen) atoms. The lowest BCUT2D eigenvalue weighted by atomic mass is 10.1. The van der Waals surface area contributed by atoms with Gasteiger partial charge in [0.2, 0.25) is 0 Å². The van der Waals surface area contributed by atoms with Crippen molar-refractivity contribution in [2.75, 3.05) is 27.7 Å². The molecule has 0 aliphatic carbocycles. The first kappa shape index (κ1) is 18.2. The minimum atomic E-state index is -0.319. The SMILES string of the molecule is CN(C)C(=O)C[NH+](C)Cc1nc2scc(-c3ccc(F)cc3)c2c(=O)[nH]1. The van der Waals surface area contributed by atoms with E-state index in [4.69, 9.17) is 0 Å². The number of hydrogen-bond acceptors (Lipinski definition) is 4. The molecule has 0 aliphatic heterocycles. The lowest BCUT2D eigenvalue weighted by Crippen LogP contribution is -3.09. The molecule has 1 aromatic carbocycles. The van der Waals surface area contributed by atoms with Gasteiger partial charge in [0.05, 0.1) is 12.4 Å². The number of carbonyl (C=O) groups excluding carboxylic acids is 1. The van der Waals surface area contributed by atoms with Crippen LogP contribution in [0.15, 0.2) is 34.4 Å². The molecular weight excluding hydrogens is 355 g/mol. The monoisotopic (exact) mass is 375 g/mol. The summed E-state index contributed by atoms with van der Waals surface area (Å²) >= 11 is 1.38. The first-order valence-corrected chi connectivity index (χ1v) is 9.01. The van der Waals surface area contributed by atoms with Crippen molar-refractivity contribution in [1.82, 2.24) is 14.9 Å². The molecule has 3 rings (SSSR count). The highest BCUT2D eigenvalue weighted by Gasteiger charge is 2.17. The van der Waals surface area contributed by atoms with Crippen molar-refractivity contribution in [2.24, 2.45) is 0 Å². The Bertz CT molecular complexity index is 995. The molecule has 0 saturated carbocycles. The Labute approximate surface area is 153 Å². The van der Waals surface area contributed by atoms with E-state index in [2.05, 4.69) is 9.97 Å². The summed E-state index contributed by atoms with van der Waals surface area (Å²) in [5.74, 6) is 0.237. The molecule has 0 aliphatic rings. The number of quaternary nitrogens is 1. The summed E-state index contributed by atoms with van der Waals surface area (Å²) in [6.07, 6.45) is 0. The van der Waals surface area contributed by atoms with Gasteiger partial charge in [-0.05, 0) is 17.7 Å².